The number of hydrogen-bond acceptors (Lipinski definition) is 4. The molecular formula is C19H23N5O3S. The predicted molar refractivity (Wildman–Crippen MR) is 105 cm³/mol. The number of urea groups is 1. The first kappa shape index (κ1) is 17.7. The number of fused-ring (bicyclic) bond motifs is 3. The molecule has 0 unspecified atom stereocenters. The molecule has 0 saturated heterocycles. The summed E-state index contributed by atoms with van der Waals surface area (Å²) in [5, 5.41) is 13.0. The third kappa shape index (κ3) is 2.64. The van der Waals surface area contributed by atoms with Gasteiger partial charge in [-0.1, -0.05) is 13.0 Å². The van der Waals surface area contributed by atoms with Gasteiger partial charge in [-0.15, -0.1) is 4.36 Å². The van der Waals surface area contributed by atoms with Crippen LogP contribution in [0.25, 0.3) is 0 Å². The molecule has 2 amide bonds. The van der Waals surface area contributed by atoms with Crippen LogP contribution in [0.2, 0.25) is 0 Å². The Morgan fingerprint density at radius 1 is 1.39 bits per heavy atom. The largest absolute Gasteiger partial charge is 0.472 e. The summed E-state index contributed by atoms with van der Waals surface area (Å²) in [5.41, 5.74) is 5.79. The average molecular weight is 401 g/mol. The predicted octanol–water partition coefficient (Wildman–Crippen LogP) is 2.75. The molecule has 0 bridgehead atoms. The van der Waals surface area contributed by atoms with Gasteiger partial charge in [-0.3, -0.25) is 0 Å². The number of amides is 2. The van der Waals surface area contributed by atoms with Crippen LogP contribution in [-0.2, 0) is 35.7 Å². The van der Waals surface area contributed by atoms with Crippen LogP contribution in [0.4, 0.5) is 10.5 Å². The van der Waals surface area contributed by atoms with E-state index in [-0.39, 0.29) is 11.0 Å². The third-order valence-electron chi connectivity index (χ3n) is 5.81. The fourth-order valence-electron chi connectivity index (χ4n) is 4.58. The number of nitrogens with one attached hydrogen (secondary N) is 1. The van der Waals surface area contributed by atoms with E-state index >= 15 is 0 Å². The van der Waals surface area contributed by atoms with Crippen LogP contribution >= 0.6 is 0 Å². The van der Waals surface area contributed by atoms with Crippen LogP contribution in [0.1, 0.15) is 48.4 Å². The van der Waals surface area contributed by atoms with Crippen molar-refractivity contribution in [3.05, 3.63) is 34.5 Å². The van der Waals surface area contributed by atoms with Crippen molar-refractivity contribution in [3.8, 4) is 5.88 Å². The number of anilines is 1. The minimum absolute atomic E-state index is 0.0845. The first-order valence-electron chi connectivity index (χ1n) is 9.59. The van der Waals surface area contributed by atoms with Gasteiger partial charge in [-0.25, -0.2) is 18.8 Å². The number of benzene rings is 1. The van der Waals surface area contributed by atoms with Crippen molar-refractivity contribution in [1.29, 1.82) is 0 Å². The topological polar surface area (TPSA) is 112 Å². The molecule has 28 heavy (non-hydrogen) atoms. The summed E-state index contributed by atoms with van der Waals surface area (Å²) in [6.07, 6.45) is 5.36. The second kappa shape index (κ2) is 6.05. The number of carbonyl (C=O) groups is 1. The highest BCUT2D eigenvalue weighted by Gasteiger charge is 2.32. The number of aromatic nitrogens is 2. The molecule has 3 N–H and O–H groups in total. The van der Waals surface area contributed by atoms with Crippen LogP contribution in [0.15, 0.2) is 21.5 Å². The van der Waals surface area contributed by atoms with Crippen molar-refractivity contribution < 1.29 is 13.7 Å². The van der Waals surface area contributed by atoms with E-state index in [0.717, 1.165) is 31.4 Å². The van der Waals surface area contributed by atoms with E-state index in [9.17, 15) is 9.00 Å². The van der Waals surface area contributed by atoms with Gasteiger partial charge >= 0.3 is 6.03 Å². The van der Waals surface area contributed by atoms with Crippen molar-refractivity contribution in [2.24, 2.45) is 9.50 Å². The number of aryl methyl sites for hydroxylation is 1. The third-order valence-corrected chi connectivity index (χ3v) is 7.16. The zero-order chi connectivity index (χ0) is 19.6. The molecule has 0 saturated carbocycles. The Morgan fingerprint density at radius 2 is 2.21 bits per heavy atom. The average Bonchev–Trinajstić information content (AvgIpc) is 3.27. The molecule has 1 aromatic carbocycles. The van der Waals surface area contributed by atoms with Gasteiger partial charge in [-0.05, 0) is 60.8 Å². The highest BCUT2D eigenvalue weighted by molar-refractivity contribution is 7.91. The normalized spacial score (nSPS) is 23.7. The lowest BCUT2D eigenvalue weighted by molar-refractivity contribution is 0.248. The van der Waals surface area contributed by atoms with Gasteiger partial charge in [0, 0.05) is 5.69 Å². The molecule has 2 aromatic rings. The number of rotatable bonds is 2. The summed E-state index contributed by atoms with van der Waals surface area (Å²) in [6, 6.07) is 1.57. The van der Waals surface area contributed by atoms with Crippen molar-refractivity contribution >= 4 is 21.6 Å². The summed E-state index contributed by atoms with van der Waals surface area (Å²) in [7, 11) is -3.46. The molecular weight excluding hydrogens is 378 g/mol. The molecule has 0 radical (unpaired) electrons. The Labute approximate surface area is 163 Å². The van der Waals surface area contributed by atoms with Gasteiger partial charge in [-0.2, -0.15) is 5.10 Å². The maximum Gasteiger partial charge on any atom is 0.354 e. The molecule has 3 aliphatic rings. The van der Waals surface area contributed by atoms with Crippen LogP contribution in [0, 0.1) is 0 Å². The smallest absolute Gasteiger partial charge is 0.354 e. The zero-order valence-electron chi connectivity index (χ0n) is 15.9. The van der Waals surface area contributed by atoms with Gasteiger partial charge in [0.2, 0.25) is 5.88 Å². The maximum absolute atomic E-state index is 13.0. The van der Waals surface area contributed by atoms with E-state index in [1.807, 2.05) is 6.92 Å². The lowest BCUT2D eigenvalue weighted by Crippen LogP contribution is -2.23. The summed E-state index contributed by atoms with van der Waals surface area (Å²) in [6.45, 7) is 4.59. The Morgan fingerprint density at radius 3 is 3.00 bits per heavy atom. The number of ether oxygens (including phenoxy) is 1. The molecule has 2 heterocycles. The fourth-order valence-corrected chi connectivity index (χ4v) is 5.57. The second-order valence-corrected chi connectivity index (χ2v) is 9.70. The molecule has 1 aromatic heterocycles. The summed E-state index contributed by atoms with van der Waals surface area (Å²) < 4.78 is 24.0. The van der Waals surface area contributed by atoms with Gasteiger partial charge in [0.1, 0.15) is 11.0 Å². The molecule has 9 heteroatoms. The van der Waals surface area contributed by atoms with E-state index in [1.165, 1.54) is 28.5 Å². The number of nitrogens with zero attached hydrogens (tertiary/aromatic N) is 3. The standard InChI is InChI=1S/C19H23N5O3S/c1-10-6-13-7-12-4-3-5-14(12)17(16(10)13)22-19(25)23-28(20,26)15-8-21-24-9-11(2)27-18(15)24/h7-8,10-11H,3-6,9H2,1-2H3,(H3,20,22,23,25,26)/t10-,11-,28-/m0/s1. The van der Waals surface area contributed by atoms with E-state index in [0.29, 0.717) is 18.3 Å². The van der Waals surface area contributed by atoms with Crippen molar-refractivity contribution in [3.63, 3.8) is 0 Å². The summed E-state index contributed by atoms with van der Waals surface area (Å²) in [4.78, 5) is 12.8. The minimum Gasteiger partial charge on any atom is -0.472 e. The minimum atomic E-state index is -3.46. The lowest BCUT2D eigenvalue weighted by Gasteiger charge is -2.31. The van der Waals surface area contributed by atoms with E-state index < -0.39 is 15.9 Å². The monoisotopic (exact) mass is 401 g/mol. The molecule has 2 aliphatic carbocycles. The Kier molecular flexibility index (Phi) is 3.82. The second-order valence-electron chi connectivity index (χ2n) is 7.94. The van der Waals surface area contributed by atoms with Crippen molar-refractivity contribution in [2.45, 2.75) is 63.0 Å². The molecule has 0 fully saturated rings. The SMILES string of the molecule is C[C@H]1Cn2ncc([S@@](N)(=O)=NC(=O)Nc3c4c(cc5c3[C@@H](C)C5)CCC4)c2O1. The highest BCUT2D eigenvalue weighted by Crippen LogP contribution is 2.45. The molecule has 1 aliphatic heterocycles. The van der Waals surface area contributed by atoms with Crippen LogP contribution in [0.5, 0.6) is 5.88 Å². The maximum atomic E-state index is 13.0. The van der Waals surface area contributed by atoms with Gasteiger partial charge < -0.3 is 10.1 Å². The van der Waals surface area contributed by atoms with Crippen LogP contribution in [-0.4, -0.2) is 26.1 Å². The molecule has 148 valence electrons. The summed E-state index contributed by atoms with van der Waals surface area (Å²) >= 11 is 0. The number of nitrogens with two attached hydrogens (primary N) is 1. The quantitative estimate of drug-likeness (QED) is 0.806. The first-order chi connectivity index (χ1) is 13.3. The molecule has 0 spiro atoms. The van der Waals surface area contributed by atoms with Crippen molar-refractivity contribution in [2.75, 3.05) is 5.32 Å². The highest BCUT2D eigenvalue weighted by atomic mass is 32.2. The van der Waals surface area contributed by atoms with Crippen LogP contribution < -0.4 is 15.2 Å². The molecule has 3 atom stereocenters. The first-order valence-corrected chi connectivity index (χ1v) is 11.2. The van der Waals surface area contributed by atoms with Crippen molar-refractivity contribution in [1.82, 2.24) is 9.78 Å². The Bertz CT molecular complexity index is 1130. The zero-order valence-corrected chi connectivity index (χ0v) is 16.7. The Hall–Kier alpha value is -2.39. The van der Waals surface area contributed by atoms with E-state index in [4.69, 9.17) is 9.88 Å². The van der Waals surface area contributed by atoms with E-state index in [2.05, 4.69) is 27.8 Å². The van der Waals surface area contributed by atoms with Gasteiger partial charge in [0.15, 0.2) is 9.92 Å². The lowest BCUT2D eigenvalue weighted by atomic mass is 9.75. The molecule has 5 rings (SSSR count). The van der Waals surface area contributed by atoms with Gasteiger partial charge in [0.05, 0.1) is 12.7 Å². The summed E-state index contributed by atoms with van der Waals surface area (Å²) in [5.74, 6) is 0.724. The van der Waals surface area contributed by atoms with Crippen LogP contribution in [0.3, 0.4) is 0 Å². The fraction of sp³-hybridized carbons (Fsp3) is 0.474. The van der Waals surface area contributed by atoms with Gasteiger partial charge in [0.25, 0.3) is 0 Å². The van der Waals surface area contributed by atoms with E-state index in [1.54, 1.807) is 4.68 Å². The number of carbonyl (C=O) groups excluding carboxylic acids is 1. The number of hydrogen-bond donors (Lipinski definition) is 2. The molecule has 8 nitrogen and oxygen atoms in total. The Balaban J connectivity index is 1.49.